The number of urea groups is 1. The highest BCUT2D eigenvalue weighted by Crippen LogP contribution is 2.32. The SMILES string of the molecule is CC(C)(C)OC(=O)N1CCC(N2C(=O)NC3CCCCC3C2=O)CC1. The molecule has 3 fully saturated rings. The molecule has 2 heterocycles. The Kier molecular flexibility index (Phi) is 4.93. The summed E-state index contributed by atoms with van der Waals surface area (Å²) in [4.78, 5) is 40.5. The lowest BCUT2D eigenvalue weighted by atomic mass is 9.81. The minimum absolute atomic E-state index is 0.00634. The Balaban J connectivity index is 1.59. The van der Waals surface area contributed by atoms with Crippen LogP contribution in [-0.4, -0.2) is 58.6 Å². The van der Waals surface area contributed by atoms with Crippen molar-refractivity contribution in [2.45, 2.75) is 77.0 Å². The summed E-state index contributed by atoms with van der Waals surface area (Å²) in [6.07, 6.45) is 4.76. The van der Waals surface area contributed by atoms with Crippen LogP contribution in [0.2, 0.25) is 0 Å². The maximum absolute atomic E-state index is 12.8. The Bertz CT molecular complexity index is 549. The summed E-state index contributed by atoms with van der Waals surface area (Å²) in [5, 5.41) is 3.02. The van der Waals surface area contributed by atoms with E-state index in [0.717, 1.165) is 25.7 Å². The molecule has 0 bridgehead atoms. The maximum atomic E-state index is 12.8. The fourth-order valence-corrected chi connectivity index (χ4v) is 4.08. The quantitative estimate of drug-likeness (QED) is 0.787. The van der Waals surface area contributed by atoms with Gasteiger partial charge in [-0.1, -0.05) is 12.8 Å². The third-order valence-electron chi connectivity index (χ3n) is 5.33. The lowest BCUT2D eigenvalue weighted by Crippen LogP contribution is -2.64. The average Bonchev–Trinajstić information content (AvgIpc) is 2.54. The molecule has 1 N–H and O–H groups in total. The molecule has 3 rings (SSSR count). The number of carbonyl (C=O) groups is 3. The van der Waals surface area contributed by atoms with Crippen LogP contribution in [0.5, 0.6) is 0 Å². The van der Waals surface area contributed by atoms with E-state index in [1.807, 2.05) is 20.8 Å². The summed E-state index contributed by atoms with van der Waals surface area (Å²) < 4.78 is 5.40. The van der Waals surface area contributed by atoms with Gasteiger partial charge in [-0.3, -0.25) is 9.69 Å². The molecule has 1 aliphatic carbocycles. The van der Waals surface area contributed by atoms with Crippen molar-refractivity contribution in [3.8, 4) is 0 Å². The van der Waals surface area contributed by atoms with Crippen molar-refractivity contribution in [2.75, 3.05) is 13.1 Å². The highest BCUT2D eigenvalue weighted by atomic mass is 16.6. The number of nitrogens with zero attached hydrogens (tertiary/aromatic N) is 2. The topological polar surface area (TPSA) is 79.0 Å². The molecule has 7 nitrogen and oxygen atoms in total. The summed E-state index contributed by atoms with van der Waals surface area (Å²) in [7, 11) is 0. The van der Waals surface area contributed by atoms with E-state index in [1.165, 1.54) is 4.90 Å². The van der Waals surface area contributed by atoms with Crippen LogP contribution in [0.3, 0.4) is 0 Å². The van der Waals surface area contributed by atoms with Crippen LogP contribution in [0.1, 0.15) is 59.3 Å². The van der Waals surface area contributed by atoms with Crippen molar-refractivity contribution in [2.24, 2.45) is 5.92 Å². The zero-order chi connectivity index (χ0) is 18.2. The van der Waals surface area contributed by atoms with Gasteiger partial charge in [0, 0.05) is 25.2 Å². The number of hydrogen-bond acceptors (Lipinski definition) is 4. The molecule has 2 aliphatic heterocycles. The van der Waals surface area contributed by atoms with Crippen LogP contribution in [0.15, 0.2) is 0 Å². The largest absolute Gasteiger partial charge is 0.444 e. The fraction of sp³-hybridized carbons (Fsp3) is 0.833. The highest BCUT2D eigenvalue weighted by molar-refractivity contribution is 5.99. The summed E-state index contributed by atoms with van der Waals surface area (Å²) in [5.74, 6) is -0.0977. The number of rotatable bonds is 1. The van der Waals surface area contributed by atoms with Gasteiger partial charge in [0.25, 0.3) is 0 Å². The summed E-state index contributed by atoms with van der Waals surface area (Å²) in [6.45, 7) is 6.54. The average molecular weight is 351 g/mol. The van der Waals surface area contributed by atoms with Gasteiger partial charge in [0.2, 0.25) is 5.91 Å². The van der Waals surface area contributed by atoms with E-state index in [2.05, 4.69) is 5.32 Å². The first-order valence-corrected chi connectivity index (χ1v) is 9.38. The molecule has 140 valence electrons. The van der Waals surface area contributed by atoms with E-state index in [1.54, 1.807) is 4.90 Å². The van der Waals surface area contributed by atoms with Crippen molar-refractivity contribution >= 4 is 18.0 Å². The Morgan fingerprint density at radius 1 is 1.08 bits per heavy atom. The lowest BCUT2D eigenvalue weighted by Gasteiger charge is -2.44. The normalized spacial score (nSPS) is 28.4. The van der Waals surface area contributed by atoms with E-state index >= 15 is 0 Å². The third kappa shape index (κ3) is 3.90. The van der Waals surface area contributed by atoms with E-state index in [9.17, 15) is 14.4 Å². The van der Waals surface area contributed by atoms with Gasteiger partial charge < -0.3 is 15.0 Å². The molecule has 2 atom stereocenters. The second kappa shape index (κ2) is 6.84. The van der Waals surface area contributed by atoms with Gasteiger partial charge in [-0.15, -0.1) is 0 Å². The second-order valence-corrected chi connectivity index (χ2v) is 8.35. The zero-order valence-electron chi connectivity index (χ0n) is 15.4. The molecule has 2 saturated heterocycles. The Labute approximate surface area is 149 Å². The van der Waals surface area contributed by atoms with Crippen molar-refractivity contribution in [1.82, 2.24) is 15.1 Å². The number of amides is 4. The van der Waals surface area contributed by atoms with Gasteiger partial charge in [-0.25, -0.2) is 9.59 Å². The van der Waals surface area contributed by atoms with Crippen LogP contribution in [0, 0.1) is 5.92 Å². The molecule has 4 amide bonds. The van der Waals surface area contributed by atoms with Gasteiger partial charge in [0.05, 0.1) is 5.92 Å². The summed E-state index contributed by atoms with van der Waals surface area (Å²) in [5.41, 5.74) is -0.521. The molecule has 0 aromatic carbocycles. The lowest BCUT2D eigenvalue weighted by molar-refractivity contribution is -0.139. The first-order chi connectivity index (χ1) is 11.8. The molecule has 25 heavy (non-hydrogen) atoms. The van der Waals surface area contributed by atoms with Gasteiger partial charge in [-0.2, -0.15) is 0 Å². The molecule has 0 aromatic heterocycles. The van der Waals surface area contributed by atoms with Gasteiger partial charge >= 0.3 is 12.1 Å². The van der Waals surface area contributed by atoms with E-state index in [-0.39, 0.29) is 36.0 Å². The van der Waals surface area contributed by atoms with E-state index in [0.29, 0.717) is 25.9 Å². The summed E-state index contributed by atoms with van der Waals surface area (Å²) in [6, 6.07) is -0.384. The van der Waals surface area contributed by atoms with Gasteiger partial charge in [-0.05, 0) is 46.5 Å². The number of imide groups is 1. The van der Waals surface area contributed by atoms with Crippen molar-refractivity contribution < 1.29 is 19.1 Å². The zero-order valence-corrected chi connectivity index (χ0v) is 15.4. The Morgan fingerprint density at radius 3 is 2.36 bits per heavy atom. The highest BCUT2D eigenvalue weighted by Gasteiger charge is 2.45. The monoisotopic (exact) mass is 351 g/mol. The first kappa shape index (κ1) is 18.0. The van der Waals surface area contributed by atoms with Crippen molar-refractivity contribution in [1.29, 1.82) is 0 Å². The minimum atomic E-state index is -0.521. The number of hydrogen-bond donors (Lipinski definition) is 1. The molecule has 7 heteroatoms. The molecule has 2 unspecified atom stereocenters. The van der Waals surface area contributed by atoms with Crippen LogP contribution >= 0.6 is 0 Å². The number of carbonyl (C=O) groups excluding carboxylic acids is 3. The van der Waals surface area contributed by atoms with Crippen LogP contribution in [-0.2, 0) is 9.53 Å². The first-order valence-electron chi connectivity index (χ1n) is 9.38. The molecule has 0 spiro atoms. The smallest absolute Gasteiger partial charge is 0.410 e. The molecule has 0 aromatic rings. The Morgan fingerprint density at radius 2 is 1.72 bits per heavy atom. The van der Waals surface area contributed by atoms with Crippen molar-refractivity contribution in [3.63, 3.8) is 0 Å². The predicted molar refractivity (Wildman–Crippen MR) is 92.0 cm³/mol. The van der Waals surface area contributed by atoms with Crippen LogP contribution < -0.4 is 5.32 Å². The standard InChI is InChI=1S/C18H29N3O4/c1-18(2,3)25-17(24)20-10-8-12(9-11-20)21-15(22)13-6-4-5-7-14(13)19-16(21)23/h12-14H,4-11H2,1-3H3,(H,19,23). The van der Waals surface area contributed by atoms with E-state index < -0.39 is 5.60 Å². The number of fused-ring (bicyclic) bond motifs is 1. The van der Waals surface area contributed by atoms with E-state index in [4.69, 9.17) is 4.74 Å². The maximum Gasteiger partial charge on any atom is 0.410 e. The predicted octanol–water partition coefficient (Wildman–Crippen LogP) is 2.50. The molecular formula is C18H29N3O4. The second-order valence-electron chi connectivity index (χ2n) is 8.35. The number of piperidine rings is 1. The Hall–Kier alpha value is -1.79. The van der Waals surface area contributed by atoms with Crippen molar-refractivity contribution in [3.05, 3.63) is 0 Å². The molecule has 0 radical (unpaired) electrons. The molecular weight excluding hydrogens is 322 g/mol. The summed E-state index contributed by atoms with van der Waals surface area (Å²) >= 11 is 0. The minimum Gasteiger partial charge on any atom is -0.444 e. The molecule has 3 aliphatic rings. The number of likely N-dealkylation sites (tertiary alicyclic amines) is 1. The third-order valence-corrected chi connectivity index (χ3v) is 5.33. The molecule has 1 saturated carbocycles. The van der Waals surface area contributed by atoms with Crippen LogP contribution in [0.25, 0.3) is 0 Å². The van der Waals surface area contributed by atoms with Gasteiger partial charge in [0.1, 0.15) is 5.60 Å². The fourth-order valence-electron chi connectivity index (χ4n) is 4.08. The van der Waals surface area contributed by atoms with Crippen LogP contribution in [0.4, 0.5) is 9.59 Å². The number of nitrogens with one attached hydrogen (secondary N) is 1. The number of ether oxygens (including phenoxy) is 1. The van der Waals surface area contributed by atoms with Gasteiger partial charge in [0.15, 0.2) is 0 Å².